The number of nitrogens with one attached hydrogen (secondary N) is 1. The van der Waals surface area contributed by atoms with E-state index in [1.807, 2.05) is 0 Å². The average molecular weight is 333 g/mol. The lowest BCUT2D eigenvalue weighted by molar-refractivity contribution is -0.110. The van der Waals surface area contributed by atoms with E-state index in [2.05, 4.69) is 10.5 Å². The molecule has 0 aliphatic heterocycles. The van der Waals surface area contributed by atoms with Gasteiger partial charge < -0.3 is 10.2 Å². The molecule has 2 aromatic carbocycles. The largest absolute Gasteiger partial charge is 0.391 e. The van der Waals surface area contributed by atoms with Crippen LogP contribution in [0.25, 0.3) is 0 Å². The Kier molecular flexibility index (Phi) is 5.52. The molecule has 0 heterocycles. The smallest absolute Gasteiger partial charge is 0.270 e. The van der Waals surface area contributed by atoms with Crippen molar-refractivity contribution in [3.8, 4) is 6.07 Å². The third-order valence-corrected chi connectivity index (χ3v) is 2.84. The second-order valence-electron chi connectivity index (χ2n) is 4.54. The lowest BCUT2D eigenvalue weighted by Crippen LogP contribution is -2.14. The number of carbonyl (C=O) groups is 1. The highest BCUT2D eigenvalue weighted by atomic mass is 19.1. The van der Waals surface area contributed by atoms with Gasteiger partial charge in [-0.05, 0) is 24.3 Å². The van der Waals surface area contributed by atoms with E-state index in [1.54, 1.807) is 6.07 Å². The van der Waals surface area contributed by atoms with Crippen LogP contribution in [0.5, 0.6) is 0 Å². The second-order valence-corrected chi connectivity index (χ2v) is 4.54. The fourth-order valence-electron chi connectivity index (χ4n) is 1.68. The summed E-state index contributed by atoms with van der Waals surface area (Å²) in [5.74, 6) is -3.15. The van der Waals surface area contributed by atoms with Gasteiger partial charge in [-0.3, -0.25) is 4.79 Å². The minimum absolute atomic E-state index is 0.149. The lowest BCUT2D eigenvalue weighted by Gasteiger charge is -2.04. The molecule has 0 aromatic heterocycles. The molecule has 2 aromatic rings. The number of hydrogen-bond donors (Lipinski definition) is 1. The summed E-state index contributed by atoms with van der Waals surface area (Å²) in [6.45, 7) is -0.258. The molecule has 0 aliphatic carbocycles. The van der Waals surface area contributed by atoms with Crippen LogP contribution in [0.3, 0.4) is 0 Å². The van der Waals surface area contributed by atoms with E-state index in [0.29, 0.717) is 6.07 Å². The number of oxime groups is 1. The predicted molar refractivity (Wildman–Crippen MR) is 79.4 cm³/mol. The SMILES string of the molecule is N#Cc1ccc(CON=CC(=O)Nc2ccc(F)cc2F)c(F)c1. The van der Waals surface area contributed by atoms with Crippen LogP contribution in [-0.2, 0) is 16.2 Å². The van der Waals surface area contributed by atoms with Gasteiger partial charge in [0, 0.05) is 11.6 Å². The topological polar surface area (TPSA) is 74.5 Å². The van der Waals surface area contributed by atoms with Crippen LogP contribution in [0.4, 0.5) is 18.9 Å². The summed E-state index contributed by atoms with van der Waals surface area (Å²) in [6, 6.07) is 8.28. The quantitative estimate of drug-likeness (QED) is 0.675. The van der Waals surface area contributed by atoms with Crippen LogP contribution < -0.4 is 5.32 Å². The molecule has 0 atom stereocenters. The summed E-state index contributed by atoms with van der Waals surface area (Å²) in [5, 5.41) is 14.1. The maximum atomic E-state index is 13.6. The van der Waals surface area contributed by atoms with Crippen molar-refractivity contribution in [2.45, 2.75) is 6.61 Å². The number of amides is 1. The Bertz CT molecular complexity index is 832. The van der Waals surface area contributed by atoms with Crippen LogP contribution >= 0.6 is 0 Å². The molecule has 1 amide bonds. The van der Waals surface area contributed by atoms with E-state index in [0.717, 1.165) is 24.4 Å². The molecule has 2 rings (SSSR count). The van der Waals surface area contributed by atoms with E-state index in [9.17, 15) is 18.0 Å². The number of benzene rings is 2. The number of nitriles is 1. The van der Waals surface area contributed by atoms with E-state index in [4.69, 9.17) is 10.1 Å². The Morgan fingerprint density at radius 1 is 1.21 bits per heavy atom. The molecule has 0 fully saturated rings. The molecule has 0 spiro atoms. The van der Waals surface area contributed by atoms with Crippen molar-refractivity contribution in [3.05, 3.63) is 65.0 Å². The minimum Gasteiger partial charge on any atom is -0.391 e. The van der Waals surface area contributed by atoms with Gasteiger partial charge in [0.2, 0.25) is 0 Å². The third kappa shape index (κ3) is 4.58. The van der Waals surface area contributed by atoms with E-state index >= 15 is 0 Å². The molecule has 122 valence electrons. The van der Waals surface area contributed by atoms with Crippen molar-refractivity contribution in [1.29, 1.82) is 5.26 Å². The Morgan fingerprint density at radius 2 is 2.00 bits per heavy atom. The van der Waals surface area contributed by atoms with Gasteiger partial charge in [0.1, 0.15) is 30.3 Å². The summed E-state index contributed by atoms with van der Waals surface area (Å²) in [6.07, 6.45) is 0.727. The monoisotopic (exact) mass is 333 g/mol. The molecule has 5 nitrogen and oxygen atoms in total. The van der Waals surface area contributed by atoms with Crippen molar-refractivity contribution in [2.24, 2.45) is 5.16 Å². The van der Waals surface area contributed by atoms with Crippen molar-refractivity contribution >= 4 is 17.8 Å². The van der Waals surface area contributed by atoms with Crippen LogP contribution in [0.2, 0.25) is 0 Å². The van der Waals surface area contributed by atoms with Gasteiger partial charge >= 0.3 is 0 Å². The van der Waals surface area contributed by atoms with E-state index < -0.39 is 23.4 Å². The Hall–Kier alpha value is -3.34. The van der Waals surface area contributed by atoms with Gasteiger partial charge in [-0.25, -0.2) is 13.2 Å². The molecule has 0 radical (unpaired) electrons. The zero-order chi connectivity index (χ0) is 17.5. The molecule has 0 bridgehead atoms. The zero-order valence-electron chi connectivity index (χ0n) is 12.1. The minimum atomic E-state index is -0.933. The first-order chi connectivity index (χ1) is 11.5. The van der Waals surface area contributed by atoms with E-state index in [-0.39, 0.29) is 23.4 Å². The molecular formula is C16H10F3N3O2. The number of halogens is 3. The molecular weight excluding hydrogens is 323 g/mol. The molecule has 8 heteroatoms. The number of rotatable bonds is 5. The van der Waals surface area contributed by atoms with Gasteiger partial charge in [-0.2, -0.15) is 5.26 Å². The van der Waals surface area contributed by atoms with Gasteiger partial charge in [0.25, 0.3) is 5.91 Å². The Morgan fingerprint density at radius 3 is 2.67 bits per heavy atom. The second kappa shape index (κ2) is 7.78. The summed E-state index contributed by atoms with van der Waals surface area (Å²) in [7, 11) is 0. The maximum absolute atomic E-state index is 13.6. The van der Waals surface area contributed by atoms with Crippen LogP contribution in [-0.4, -0.2) is 12.1 Å². The van der Waals surface area contributed by atoms with Gasteiger partial charge in [0.05, 0.1) is 17.3 Å². The summed E-state index contributed by atoms with van der Waals surface area (Å²) in [4.78, 5) is 16.3. The number of carbonyl (C=O) groups excluding carboxylic acids is 1. The summed E-state index contributed by atoms with van der Waals surface area (Å²) in [5.41, 5.74) is 0.0996. The lowest BCUT2D eigenvalue weighted by atomic mass is 10.1. The third-order valence-electron chi connectivity index (χ3n) is 2.84. The maximum Gasteiger partial charge on any atom is 0.270 e. The standard InChI is InChI=1S/C16H10F3N3O2/c17-12-3-4-15(14(19)6-12)22-16(23)8-21-24-9-11-2-1-10(7-20)5-13(11)18/h1-6,8H,9H2,(H,22,23). The van der Waals surface area contributed by atoms with E-state index in [1.165, 1.54) is 12.1 Å². The Labute approximate surface area is 135 Å². The van der Waals surface area contributed by atoms with Crippen LogP contribution in [0.15, 0.2) is 41.6 Å². The summed E-state index contributed by atoms with van der Waals surface area (Å²) >= 11 is 0. The molecule has 0 saturated carbocycles. The average Bonchev–Trinajstić information content (AvgIpc) is 2.55. The van der Waals surface area contributed by atoms with Crippen molar-refractivity contribution in [2.75, 3.05) is 5.32 Å². The molecule has 0 unspecified atom stereocenters. The zero-order valence-corrected chi connectivity index (χ0v) is 12.1. The van der Waals surface area contributed by atoms with Crippen molar-refractivity contribution in [3.63, 3.8) is 0 Å². The first-order valence-corrected chi connectivity index (χ1v) is 6.59. The fraction of sp³-hybridized carbons (Fsp3) is 0.0625. The van der Waals surface area contributed by atoms with Crippen LogP contribution in [0.1, 0.15) is 11.1 Å². The highest BCUT2D eigenvalue weighted by Crippen LogP contribution is 2.14. The molecule has 0 aliphatic rings. The van der Waals surface area contributed by atoms with Crippen molar-refractivity contribution < 1.29 is 22.8 Å². The molecule has 1 N–H and O–H groups in total. The van der Waals surface area contributed by atoms with Gasteiger partial charge in [-0.15, -0.1) is 0 Å². The van der Waals surface area contributed by atoms with Gasteiger partial charge in [0.15, 0.2) is 0 Å². The normalized spacial score (nSPS) is 10.4. The fourth-order valence-corrected chi connectivity index (χ4v) is 1.68. The molecule has 0 saturated heterocycles. The first-order valence-electron chi connectivity index (χ1n) is 6.59. The number of nitrogens with zero attached hydrogens (tertiary/aromatic N) is 2. The highest BCUT2D eigenvalue weighted by molar-refractivity contribution is 6.31. The predicted octanol–water partition coefficient (Wildman–Crippen LogP) is 3.12. The number of hydrogen-bond acceptors (Lipinski definition) is 4. The van der Waals surface area contributed by atoms with Crippen LogP contribution in [0, 0.1) is 28.8 Å². The first kappa shape index (κ1) is 17.0. The van der Waals surface area contributed by atoms with Gasteiger partial charge in [-0.1, -0.05) is 11.2 Å². The highest BCUT2D eigenvalue weighted by Gasteiger charge is 2.07. The Balaban J connectivity index is 1.88. The molecule has 24 heavy (non-hydrogen) atoms. The number of anilines is 1. The summed E-state index contributed by atoms with van der Waals surface area (Å²) < 4.78 is 39.6. The van der Waals surface area contributed by atoms with Crippen molar-refractivity contribution in [1.82, 2.24) is 0 Å².